The normalized spacial score (nSPS) is 25.3. The van der Waals surface area contributed by atoms with E-state index < -0.39 is 0 Å². The molecule has 0 amide bonds. The van der Waals surface area contributed by atoms with E-state index in [9.17, 15) is 4.79 Å². The maximum Gasteiger partial charge on any atom is 0.155 e. The molecule has 0 bridgehead atoms. The highest BCUT2D eigenvalue weighted by atomic mass is 16.1. The second-order valence-electron chi connectivity index (χ2n) is 5.51. The number of ketones is 1. The van der Waals surface area contributed by atoms with E-state index in [-0.39, 0.29) is 0 Å². The minimum Gasteiger partial charge on any atom is -0.295 e. The summed E-state index contributed by atoms with van der Waals surface area (Å²) < 4.78 is 0. The zero-order valence-electron chi connectivity index (χ0n) is 11.6. The summed E-state index contributed by atoms with van der Waals surface area (Å²) in [5.74, 6) is 1.96. The Morgan fingerprint density at radius 3 is 2.35 bits per heavy atom. The first kappa shape index (κ1) is 14.5. The predicted molar refractivity (Wildman–Crippen MR) is 74.0 cm³/mol. The molecule has 0 aromatic heterocycles. The number of carbonyl (C=O) groups is 1. The van der Waals surface area contributed by atoms with Crippen LogP contribution in [0.5, 0.6) is 0 Å². The minimum atomic E-state index is 0.337. The van der Waals surface area contributed by atoms with Gasteiger partial charge in [-0.25, -0.2) is 0 Å². The van der Waals surface area contributed by atoms with Gasteiger partial charge in [-0.2, -0.15) is 0 Å². The predicted octanol–water partition coefficient (Wildman–Crippen LogP) is 4.91. The average molecular weight is 236 g/mol. The number of hydrogen-bond donors (Lipinski definition) is 0. The lowest BCUT2D eigenvalue weighted by atomic mass is 9.78. The highest BCUT2D eigenvalue weighted by Gasteiger charge is 2.21. The van der Waals surface area contributed by atoms with Crippen LogP contribution in [0.1, 0.15) is 71.6 Å². The monoisotopic (exact) mass is 236 g/mol. The molecule has 1 fully saturated rings. The summed E-state index contributed by atoms with van der Waals surface area (Å²) in [6.07, 6.45) is 14.9. The zero-order chi connectivity index (χ0) is 12.5. The van der Waals surface area contributed by atoms with Crippen molar-refractivity contribution in [3.8, 4) is 0 Å². The fourth-order valence-corrected chi connectivity index (χ4v) is 2.82. The van der Waals surface area contributed by atoms with Crippen LogP contribution in [-0.4, -0.2) is 5.78 Å². The Labute approximate surface area is 107 Å². The molecule has 0 radical (unpaired) electrons. The van der Waals surface area contributed by atoms with E-state index >= 15 is 0 Å². The van der Waals surface area contributed by atoms with Crippen LogP contribution in [0.15, 0.2) is 12.2 Å². The van der Waals surface area contributed by atoms with Gasteiger partial charge < -0.3 is 0 Å². The molecule has 17 heavy (non-hydrogen) atoms. The quantitative estimate of drug-likeness (QED) is 0.574. The number of carbonyl (C=O) groups excluding carboxylic acids is 1. The first-order valence-corrected chi connectivity index (χ1v) is 7.45. The Bertz CT molecular complexity index is 234. The van der Waals surface area contributed by atoms with Gasteiger partial charge in [0.05, 0.1) is 0 Å². The maximum atomic E-state index is 11.6. The molecule has 1 saturated carbocycles. The summed E-state index contributed by atoms with van der Waals surface area (Å²) in [7, 11) is 0. The third kappa shape index (κ3) is 6.05. The van der Waals surface area contributed by atoms with Crippen LogP contribution in [0, 0.1) is 11.8 Å². The van der Waals surface area contributed by atoms with E-state index in [1.165, 1.54) is 44.9 Å². The molecule has 0 aliphatic heterocycles. The lowest BCUT2D eigenvalue weighted by Crippen LogP contribution is -2.16. The second kappa shape index (κ2) is 8.49. The lowest BCUT2D eigenvalue weighted by molar-refractivity contribution is -0.115. The smallest absolute Gasteiger partial charge is 0.155 e. The van der Waals surface area contributed by atoms with Gasteiger partial charge in [-0.05, 0) is 37.2 Å². The molecule has 0 unspecified atom stereocenters. The van der Waals surface area contributed by atoms with Crippen LogP contribution in [0.3, 0.4) is 0 Å². The molecule has 1 aliphatic rings. The SMILES string of the molecule is CC/C=C/C(=O)CC1CCC(CCCC)CC1. The van der Waals surface area contributed by atoms with Crippen molar-refractivity contribution in [2.24, 2.45) is 11.8 Å². The first-order valence-electron chi connectivity index (χ1n) is 7.45. The topological polar surface area (TPSA) is 17.1 Å². The molecular weight excluding hydrogens is 208 g/mol. The van der Waals surface area contributed by atoms with Gasteiger partial charge in [-0.15, -0.1) is 0 Å². The largest absolute Gasteiger partial charge is 0.295 e. The van der Waals surface area contributed by atoms with E-state index in [0.717, 1.165) is 18.8 Å². The van der Waals surface area contributed by atoms with Crippen LogP contribution in [0.2, 0.25) is 0 Å². The molecule has 0 aromatic rings. The zero-order valence-corrected chi connectivity index (χ0v) is 11.6. The van der Waals surface area contributed by atoms with Crippen molar-refractivity contribution >= 4 is 5.78 Å². The number of unbranched alkanes of at least 4 members (excludes halogenated alkanes) is 1. The van der Waals surface area contributed by atoms with Gasteiger partial charge in [0, 0.05) is 6.42 Å². The maximum absolute atomic E-state index is 11.6. The fourth-order valence-electron chi connectivity index (χ4n) is 2.82. The van der Waals surface area contributed by atoms with E-state index in [1.807, 2.05) is 6.08 Å². The molecule has 1 aliphatic carbocycles. The van der Waals surface area contributed by atoms with Gasteiger partial charge in [0.2, 0.25) is 0 Å². The van der Waals surface area contributed by atoms with Crippen LogP contribution in [0.25, 0.3) is 0 Å². The summed E-state index contributed by atoms with van der Waals surface area (Å²) in [6, 6.07) is 0. The third-order valence-electron chi connectivity index (χ3n) is 3.96. The highest BCUT2D eigenvalue weighted by Crippen LogP contribution is 2.33. The molecule has 1 nitrogen and oxygen atoms in total. The Balaban J connectivity index is 2.18. The molecule has 0 aromatic carbocycles. The number of rotatable bonds is 7. The summed E-state index contributed by atoms with van der Waals surface area (Å²) in [6.45, 7) is 4.34. The molecule has 0 atom stereocenters. The van der Waals surface area contributed by atoms with Gasteiger partial charge >= 0.3 is 0 Å². The summed E-state index contributed by atoms with van der Waals surface area (Å²) >= 11 is 0. The summed E-state index contributed by atoms with van der Waals surface area (Å²) in [4.78, 5) is 11.6. The third-order valence-corrected chi connectivity index (χ3v) is 3.96. The van der Waals surface area contributed by atoms with Gasteiger partial charge in [0.1, 0.15) is 0 Å². The minimum absolute atomic E-state index is 0.337. The molecule has 0 N–H and O–H groups in total. The van der Waals surface area contributed by atoms with Crippen molar-refractivity contribution in [3.05, 3.63) is 12.2 Å². The summed E-state index contributed by atoms with van der Waals surface area (Å²) in [5.41, 5.74) is 0. The number of hydrogen-bond acceptors (Lipinski definition) is 1. The van der Waals surface area contributed by atoms with Crippen LogP contribution in [-0.2, 0) is 4.79 Å². The fraction of sp³-hybridized carbons (Fsp3) is 0.812. The standard InChI is InChI=1S/C16H28O/c1-3-5-7-14-9-11-15(12-10-14)13-16(17)8-6-4-2/h6,8,14-15H,3-5,7,9-13H2,1-2H3/b8-6+. The van der Waals surface area contributed by atoms with Crippen molar-refractivity contribution in [2.45, 2.75) is 71.6 Å². The molecule has 1 heteroatoms. The van der Waals surface area contributed by atoms with Gasteiger partial charge in [-0.3, -0.25) is 4.79 Å². The first-order chi connectivity index (χ1) is 8.26. The molecule has 1 rings (SSSR count). The van der Waals surface area contributed by atoms with E-state index in [0.29, 0.717) is 11.7 Å². The van der Waals surface area contributed by atoms with Crippen molar-refractivity contribution < 1.29 is 4.79 Å². The van der Waals surface area contributed by atoms with Crippen LogP contribution >= 0.6 is 0 Å². The molecule has 98 valence electrons. The van der Waals surface area contributed by atoms with E-state index in [4.69, 9.17) is 0 Å². The lowest BCUT2D eigenvalue weighted by Gasteiger charge is -2.27. The Hall–Kier alpha value is -0.590. The Morgan fingerprint density at radius 1 is 1.12 bits per heavy atom. The van der Waals surface area contributed by atoms with Crippen molar-refractivity contribution in [3.63, 3.8) is 0 Å². The van der Waals surface area contributed by atoms with Gasteiger partial charge in [0.25, 0.3) is 0 Å². The summed E-state index contributed by atoms with van der Waals surface area (Å²) in [5, 5.41) is 0. The highest BCUT2D eigenvalue weighted by molar-refractivity contribution is 5.89. The van der Waals surface area contributed by atoms with Crippen molar-refractivity contribution in [1.29, 1.82) is 0 Å². The molecule has 0 heterocycles. The molecular formula is C16H28O. The molecule has 0 spiro atoms. The van der Waals surface area contributed by atoms with Crippen molar-refractivity contribution in [1.82, 2.24) is 0 Å². The Kier molecular flexibility index (Phi) is 7.23. The number of allylic oxidation sites excluding steroid dienone is 2. The Morgan fingerprint density at radius 2 is 1.76 bits per heavy atom. The van der Waals surface area contributed by atoms with E-state index in [2.05, 4.69) is 13.8 Å². The van der Waals surface area contributed by atoms with Gasteiger partial charge in [-0.1, -0.05) is 52.0 Å². The average Bonchev–Trinajstić information content (AvgIpc) is 2.35. The molecule has 0 saturated heterocycles. The van der Waals surface area contributed by atoms with Crippen LogP contribution in [0.4, 0.5) is 0 Å². The second-order valence-corrected chi connectivity index (χ2v) is 5.51. The van der Waals surface area contributed by atoms with E-state index in [1.54, 1.807) is 6.08 Å². The van der Waals surface area contributed by atoms with Crippen molar-refractivity contribution in [2.75, 3.05) is 0 Å². The van der Waals surface area contributed by atoms with Gasteiger partial charge in [0.15, 0.2) is 5.78 Å². The van der Waals surface area contributed by atoms with Crippen LogP contribution < -0.4 is 0 Å².